The van der Waals surface area contributed by atoms with Gasteiger partial charge in [-0.1, -0.05) is 0 Å². The number of aryl methyl sites for hydroxylation is 1. The van der Waals surface area contributed by atoms with E-state index < -0.39 is 0 Å². The third-order valence-corrected chi connectivity index (χ3v) is 3.90. The van der Waals surface area contributed by atoms with Crippen LogP contribution in [0.4, 0.5) is 11.5 Å². The van der Waals surface area contributed by atoms with Crippen molar-refractivity contribution in [1.82, 2.24) is 9.97 Å². The number of aromatic nitrogens is 2. The Morgan fingerprint density at radius 2 is 2.15 bits per heavy atom. The van der Waals surface area contributed by atoms with E-state index in [1.807, 2.05) is 19.2 Å². The third-order valence-electron chi connectivity index (χ3n) is 3.47. The van der Waals surface area contributed by atoms with Gasteiger partial charge in [0.15, 0.2) is 0 Å². The summed E-state index contributed by atoms with van der Waals surface area (Å²) in [6.45, 7) is 10.8. The van der Waals surface area contributed by atoms with Crippen molar-refractivity contribution < 1.29 is 0 Å². The van der Waals surface area contributed by atoms with Crippen molar-refractivity contribution >= 4 is 27.4 Å². The number of hydrogen-bond acceptors (Lipinski definition) is 3. The smallest absolute Gasteiger partial charge is 0.205 e. The third kappa shape index (κ3) is 2.39. The van der Waals surface area contributed by atoms with Crippen LogP contribution in [0.5, 0.6) is 0 Å². The molecular weight excluding hydrogens is 316 g/mol. The van der Waals surface area contributed by atoms with Crippen LogP contribution in [-0.2, 0) is 13.0 Å². The molecule has 0 saturated carbocycles. The predicted octanol–water partition coefficient (Wildman–Crippen LogP) is 3.66. The fraction of sp³-hybridized carbons (Fsp3) is 0.267. The molecule has 0 atom stereocenters. The number of nitrogens with zero attached hydrogens (tertiary/aromatic N) is 4. The minimum atomic E-state index is 0.591. The molecule has 0 aromatic carbocycles. The Balaban J connectivity index is 1.92. The Labute approximate surface area is 126 Å². The van der Waals surface area contributed by atoms with E-state index >= 15 is 0 Å². The van der Waals surface area contributed by atoms with Gasteiger partial charge in [0.2, 0.25) is 5.69 Å². The Morgan fingerprint density at radius 3 is 2.90 bits per heavy atom. The molecule has 1 aliphatic rings. The molecule has 4 nitrogen and oxygen atoms in total. The largest absolute Gasteiger partial charge is 0.352 e. The lowest BCUT2D eigenvalue weighted by Gasteiger charge is -2.30. The molecule has 5 heteroatoms. The number of fused-ring (bicyclic) bond motifs is 1. The fourth-order valence-electron chi connectivity index (χ4n) is 2.52. The molecule has 20 heavy (non-hydrogen) atoms. The van der Waals surface area contributed by atoms with E-state index in [1.54, 1.807) is 6.20 Å². The van der Waals surface area contributed by atoms with Crippen LogP contribution >= 0.6 is 15.9 Å². The lowest BCUT2D eigenvalue weighted by atomic mass is 10.1. The second-order valence-electron chi connectivity index (χ2n) is 4.88. The van der Waals surface area contributed by atoms with Crippen LogP contribution in [0.25, 0.3) is 4.85 Å². The van der Waals surface area contributed by atoms with Crippen molar-refractivity contribution in [2.24, 2.45) is 0 Å². The molecule has 0 amide bonds. The molecule has 3 rings (SSSR count). The van der Waals surface area contributed by atoms with Crippen LogP contribution in [0.2, 0.25) is 0 Å². The topological polar surface area (TPSA) is 33.4 Å². The van der Waals surface area contributed by atoms with Crippen molar-refractivity contribution in [2.75, 3.05) is 11.4 Å². The van der Waals surface area contributed by atoms with Gasteiger partial charge in [-0.25, -0.2) is 4.85 Å². The van der Waals surface area contributed by atoms with Crippen LogP contribution in [0, 0.1) is 13.5 Å². The van der Waals surface area contributed by atoms with E-state index in [4.69, 9.17) is 6.57 Å². The molecule has 1 aliphatic heterocycles. The second kappa shape index (κ2) is 5.22. The van der Waals surface area contributed by atoms with E-state index in [0.29, 0.717) is 5.69 Å². The van der Waals surface area contributed by atoms with E-state index in [0.717, 1.165) is 35.4 Å². The van der Waals surface area contributed by atoms with Gasteiger partial charge in [-0.05, 0) is 46.1 Å². The molecule has 0 unspecified atom stereocenters. The molecule has 0 saturated heterocycles. The minimum absolute atomic E-state index is 0.591. The summed E-state index contributed by atoms with van der Waals surface area (Å²) in [5.41, 5.74) is 4.04. The molecule has 0 aliphatic carbocycles. The summed E-state index contributed by atoms with van der Waals surface area (Å²) in [4.78, 5) is 14.6. The van der Waals surface area contributed by atoms with E-state index in [2.05, 4.69) is 41.7 Å². The quantitative estimate of drug-likeness (QED) is 0.749. The van der Waals surface area contributed by atoms with Gasteiger partial charge in [-0.15, -0.1) is 0 Å². The maximum absolute atomic E-state index is 7.03. The number of hydrogen-bond donors (Lipinski definition) is 0. The number of pyridine rings is 2. The van der Waals surface area contributed by atoms with E-state index in [1.165, 1.54) is 11.3 Å². The van der Waals surface area contributed by atoms with Gasteiger partial charge in [0.25, 0.3) is 0 Å². The minimum Gasteiger partial charge on any atom is -0.352 e. The van der Waals surface area contributed by atoms with Gasteiger partial charge in [0.1, 0.15) is 5.82 Å². The van der Waals surface area contributed by atoms with Crippen molar-refractivity contribution in [3.8, 4) is 0 Å². The maximum atomic E-state index is 7.03. The first-order valence-electron chi connectivity index (χ1n) is 6.40. The fourth-order valence-corrected chi connectivity index (χ4v) is 2.90. The van der Waals surface area contributed by atoms with E-state index in [9.17, 15) is 0 Å². The zero-order valence-corrected chi connectivity index (χ0v) is 12.7. The molecular formula is C15H13BrN4. The predicted molar refractivity (Wildman–Crippen MR) is 81.9 cm³/mol. The summed E-state index contributed by atoms with van der Waals surface area (Å²) >= 11 is 3.47. The van der Waals surface area contributed by atoms with Crippen molar-refractivity contribution in [2.45, 2.75) is 19.9 Å². The average Bonchev–Trinajstić information content (AvgIpc) is 2.46. The molecule has 100 valence electrons. The molecule has 0 radical (unpaired) electrons. The summed E-state index contributed by atoms with van der Waals surface area (Å²) in [7, 11) is 0. The normalized spacial score (nSPS) is 13.8. The Kier molecular flexibility index (Phi) is 3.41. The van der Waals surface area contributed by atoms with Crippen LogP contribution in [0.1, 0.15) is 16.8 Å². The highest BCUT2D eigenvalue weighted by Crippen LogP contribution is 2.27. The molecule has 0 N–H and O–H groups in total. The van der Waals surface area contributed by atoms with Crippen LogP contribution < -0.4 is 4.90 Å². The molecule has 0 spiro atoms. The molecule has 0 bridgehead atoms. The molecule has 2 aromatic rings. The number of halogens is 1. The highest BCUT2D eigenvalue weighted by atomic mass is 79.9. The maximum Gasteiger partial charge on any atom is 0.205 e. The second-order valence-corrected chi connectivity index (χ2v) is 5.79. The van der Waals surface area contributed by atoms with Gasteiger partial charge in [-0.3, -0.25) is 9.97 Å². The van der Waals surface area contributed by atoms with Crippen LogP contribution in [0.3, 0.4) is 0 Å². The summed E-state index contributed by atoms with van der Waals surface area (Å²) in [5.74, 6) is 0.961. The first-order chi connectivity index (χ1) is 9.67. The van der Waals surface area contributed by atoms with Crippen LogP contribution in [-0.4, -0.2) is 16.5 Å². The highest BCUT2D eigenvalue weighted by Gasteiger charge is 2.20. The molecule has 2 aromatic heterocycles. The SMILES string of the molecule is [C-]#[N+]c1cnc(N2CCc3ncc(Br)cc3C2)c(C)c1. The van der Waals surface area contributed by atoms with Crippen molar-refractivity contribution in [3.05, 3.63) is 57.2 Å². The summed E-state index contributed by atoms with van der Waals surface area (Å²) in [6.07, 6.45) is 4.42. The lowest BCUT2D eigenvalue weighted by molar-refractivity contribution is 0.700. The first kappa shape index (κ1) is 13.1. The average molecular weight is 329 g/mol. The Bertz CT molecular complexity index is 706. The first-order valence-corrected chi connectivity index (χ1v) is 7.19. The van der Waals surface area contributed by atoms with E-state index in [-0.39, 0.29) is 0 Å². The highest BCUT2D eigenvalue weighted by molar-refractivity contribution is 9.10. The van der Waals surface area contributed by atoms with Crippen molar-refractivity contribution in [1.29, 1.82) is 0 Å². The Hall–Kier alpha value is -1.93. The van der Waals surface area contributed by atoms with Gasteiger partial charge < -0.3 is 4.90 Å². The summed E-state index contributed by atoms with van der Waals surface area (Å²) in [5, 5.41) is 0. The standard InChI is InChI=1S/C15H13BrN4/c1-10-5-13(17-2)8-19-15(10)20-4-3-14-11(9-20)6-12(16)7-18-14/h5-8H,3-4,9H2,1H3. The zero-order valence-electron chi connectivity index (χ0n) is 11.1. The van der Waals surface area contributed by atoms with Gasteiger partial charge in [0.05, 0.1) is 6.57 Å². The van der Waals surface area contributed by atoms with Gasteiger partial charge in [0, 0.05) is 42.1 Å². The molecule has 0 fully saturated rings. The van der Waals surface area contributed by atoms with Crippen LogP contribution in [0.15, 0.2) is 29.0 Å². The summed E-state index contributed by atoms with van der Waals surface area (Å²) in [6, 6.07) is 4.02. The molecule has 3 heterocycles. The summed E-state index contributed by atoms with van der Waals surface area (Å²) < 4.78 is 1.01. The Morgan fingerprint density at radius 1 is 1.30 bits per heavy atom. The van der Waals surface area contributed by atoms with Crippen molar-refractivity contribution in [3.63, 3.8) is 0 Å². The van der Waals surface area contributed by atoms with Gasteiger partial charge in [-0.2, -0.15) is 0 Å². The zero-order chi connectivity index (χ0) is 14.1. The number of rotatable bonds is 1. The lowest BCUT2D eigenvalue weighted by Crippen LogP contribution is -2.32. The monoisotopic (exact) mass is 328 g/mol. The van der Waals surface area contributed by atoms with Gasteiger partial charge >= 0.3 is 0 Å². The number of anilines is 1.